The van der Waals surface area contributed by atoms with Crippen LogP contribution in [0.3, 0.4) is 0 Å². The smallest absolute Gasteiger partial charge is 0.274 e. The molecule has 22 heavy (non-hydrogen) atoms. The van der Waals surface area contributed by atoms with E-state index in [1.54, 1.807) is 4.90 Å². The fourth-order valence-corrected chi connectivity index (χ4v) is 4.03. The van der Waals surface area contributed by atoms with Gasteiger partial charge in [-0.1, -0.05) is 6.42 Å². The molecular formula is C14H22N4O3S. The van der Waals surface area contributed by atoms with Crippen molar-refractivity contribution in [3.63, 3.8) is 0 Å². The first-order valence-electron chi connectivity index (χ1n) is 7.77. The van der Waals surface area contributed by atoms with Gasteiger partial charge in [0.2, 0.25) is 10.0 Å². The second kappa shape index (κ2) is 6.00. The number of piperazine rings is 1. The molecule has 0 radical (unpaired) electrons. The van der Waals surface area contributed by atoms with Gasteiger partial charge in [-0.25, -0.2) is 8.42 Å². The van der Waals surface area contributed by atoms with Crippen LogP contribution in [-0.2, 0) is 22.9 Å². The lowest BCUT2D eigenvalue weighted by atomic mass is 10.1. The van der Waals surface area contributed by atoms with Crippen molar-refractivity contribution in [3.8, 4) is 0 Å². The Morgan fingerprint density at radius 1 is 1.09 bits per heavy atom. The number of nitrogens with one attached hydrogen (secondary N) is 1. The highest BCUT2D eigenvalue weighted by Crippen LogP contribution is 2.23. The van der Waals surface area contributed by atoms with Crippen LogP contribution in [0.2, 0.25) is 0 Å². The van der Waals surface area contributed by atoms with E-state index < -0.39 is 10.0 Å². The molecule has 1 fully saturated rings. The van der Waals surface area contributed by atoms with Crippen LogP contribution < -0.4 is 0 Å². The van der Waals surface area contributed by atoms with Crippen LogP contribution in [0.15, 0.2) is 0 Å². The fraction of sp³-hybridized carbons (Fsp3) is 0.714. The van der Waals surface area contributed by atoms with Gasteiger partial charge in [0, 0.05) is 37.4 Å². The number of rotatable bonds is 2. The summed E-state index contributed by atoms with van der Waals surface area (Å²) in [5.41, 5.74) is 2.69. The lowest BCUT2D eigenvalue weighted by Gasteiger charge is -2.33. The summed E-state index contributed by atoms with van der Waals surface area (Å²) in [6.07, 6.45) is 6.47. The van der Waals surface area contributed by atoms with Crippen LogP contribution in [0.25, 0.3) is 0 Å². The molecule has 0 aromatic carbocycles. The number of carbonyl (C=O) groups is 1. The maximum atomic E-state index is 12.7. The number of aromatic amines is 1. The third-order valence-electron chi connectivity index (χ3n) is 4.50. The minimum atomic E-state index is -3.17. The van der Waals surface area contributed by atoms with Gasteiger partial charge in [-0.05, 0) is 25.7 Å². The number of fused-ring (bicyclic) bond motifs is 1. The zero-order valence-corrected chi connectivity index (χ0v) is 13.7. The lowest BCUT2D eigenvalue weighted by molar-refractivity contribution is 0.0691. The molecule has 1 aromatic heterocycles. The zero-order valence-electron chi connectivity index (χ0n) is 12.8. The Balaban J connectivity index is 1.72. The van der Waals surface area contributed by atoms with Gasteiger partial charge >= 0.3 is 0 Å². The summed E-state index contributed by atoms with van der Waals surface area (Å²) in [5.74, 6) is -0.0763. The van der Waals surface area contributed by atoms with Crippen LogP contribution in [0.5, 0.6) is 0 Å². The first-order valence-corrected chi connectivity index (χ1v) is 9.62. The van der Waals surface area contributed by atoms with Crippen molar-refractivity contribution in [1.82, 2.24) is 19.4 Å². The summed E-state index contributed by atoms with van der Waals surface area (Å²) in [5, 5.41) is 7.25. The average Bonchev–Trinajstić information content (AvgIpc) is 2.74. The Morgan fingerprint density at radius 3 is 2.45 bits per heavy atom. The Hall–Kier alpha value is -1.41. The average molecular weight is 326 g/mol. The Morgan fingerprint density at radius 2 is 1.77 bits per heavy atom. The van der Waals surface area contributed by atoms with Crippen molar-refractivity contribution in [2.75, 3.05) is 32.4 Å². The summed E-state index contributed by atoms with van der Waals surface area (Å²) in [6, 6.07) is 0. The Labute approximate surface area is 130 Å². The maximum absolute atomic E-state index is 12.7. The molecule has 0 spiro atoms. The van der Waals surface area contributed by atoms with Crippen LogP contribution >= 0.6 is 0 Å². The highest BCUT2D eigenvalue weighted by Gasteiger charge is 2.29. The van der Waals surface area contributed by atoms with E-state index in [9.17, 15) is 13.2 Å². The first kappa shape index (κ1) is 15.5. The van der Waals surface area contributed by atoms with E-state index in [1.165, 1.54) is 17.0 Å². The Bertz CT molecular complexity index is 660. The molecule has 0 unspecified atom stereocenters. The predicted octanol–water partition coefficient (Wildman–Crippen LogP) is 0.396. The van der Waals surface area contributed by atoms with Crippen LogP contribution in [-0.4, -0.2) is 66.2 Å². The third-order valence-corrected chi connectivity index (χ3v) is 5.81. The van der Waals surface area contributed by atoms with E-state index in [2.05, 4.69) is 10.2 Å². The molecule has 0 saturated carbocycles. The topological polar surface area (TPSA) is 86.4 Å². The molecule has 7 nitrogen and oxygen atoms in total. The van der Waals surface area contributed by atoms with Crippen LogP contribution in [0.1, 0.15) is 41.0 Å². The monoisotopic (exact) mass is 326 g/mol. The summed E-state index contributed by atoms with van der Waals surface area (Å²) in [7, 11) is -3.17. The molecule has 2 heterocycles. The predicted molar refractivity (Wildman–Crippen MR) is 82.2 cm³/mol. The third kappa shape index (κ3) is 3.03. The van der Waals surface area contributed by atoms with E-state index in [1.807, 2.05) is 0 Å². The quantitative estimate of drug-likeness (QED) is 0.797. The number of nitrogens with zero attached hydrogens (tertiary/aromatic N) is 3. The molecular weight excluding hydrogens is 304 g/mol. The summed E-state index contributed by atoms with van der Waals surface area (Å²) < 4.78 is 24.5. The second-order valence-corrected chi connectivity index (χ2v) is 8.03. The lowest BCUT2D eigenvalue weighted by Crippen LogP contribution is -2.50. The van der Waals surface area contributed by atoms with Crippen molar-refractivity contribution >= 4 is 15.9 Å². The van der Waals surface area contributed by atoms with Gasteiger partial charge < -0.3 is 4.90 Å². The normalized spacial score (nSPS) is 20.5. The Kier molecular flexibility index (Phi) is 4.22. The minimum Gasteiger partial charge on any atom is -0.335 e. The molecule has 3 rings (SSSR count). The molecule has 1 N–H and O–H groups in total. The number of carbonyl (C=O) groups excluding carboxylic acids is 1. The SMILES string of the molecule is CS(=O)(=O)N1CCN(C(=O)c2n[nH]c3c2CCCCC3)CC1. The molecule has 2 aliphatic rings. The van der Waals surface area contributed by atoms with Crippen molar-refractivity contribution in [3.05, 3.63) is 17.0 Å². The second-order valence-electron chi connectivity index (χ2n) is 6.04. The van der Waals surface area contributed by atoms with Gasteiger partial charge in [0.15, 0.2) is 5.69 Å². The van der Waals surface area contributed by atoms with Crippen molar-refractivity contribution in [2.24, 2.45) is 0 Å². The number of hydrogen-bond donors (Lipinski definition) is 1. The molecule has 1 aliphatic carbocycles. The van der Waals surface area contributed by atoms with E-state index in [0.717, 1.165) is 36.9 Å². The van der Waals surface area contributed by atoms with E-state index >= 15 is 0 Å². The summed E-state index contributed by atoms with van der Waals surface area (Å²) in [6.45, 7) is 1.56. The van der Waals surface area contributed by atoms with Crippen molar-refractivity contribution in [1.29, 1.82) is 0 Å². The fourth-order valence-electron chi connectivity index (χ4n) is 3.21. The maximum Gasteiger partial charge on any atom is 0.274 e. The molecule has 1 amide bonds. The van der Waals surface area contributed by atoms with Gasteiger partial charge in [-0.15, -0.1) is 0 Å². The number of sulfonamides is 1. The molecule has 122 valence electrons. The van der Waals surface area contributed by atoms with Crippen LogP contribution in [0.4, 0.5) is 0 Å². The van der Waals surface area contributed by atoms with E-state index in [0.29, 0.717) is 31.9 Å². The highest BCUT2D eigenvalue weighted by molar-refractivity contribution is 7.88. The van der Waals surface area contributed by atoms with Gasteiger partial charge in [0.05, 0.1) is 6.26 Å². The molecule has 1 aliphatic heterocycles. The van der Waals surface area contributed by atoms with E-state index in [-0.39, 0.29) is 5.91 Å². The largest absolute Gasteiger partial charge is 0.335 e. The molecule has 8 heteroatoms. The van der Waals surface area contributed by atoms with Gasteiger partial charge in [0.1, 0.15) is 0 Å². The molecule has 0 atom stereocenters. The molecule has 1 aromatic rings. The van der Waals surface area contributed by atoms with E-state index in [4.69, 9.17) is 0 Å². The molecule has 1 saturated heterocycles. The van der Waals surface area contributed by atoms with Crippen molar-refractivity contribution < 1.29 is 13.2 Å². The highest BCUT2D eigenvalue weighted by atomic mass is 32.2. The number of aromatic nitrogens is 2. The van der Waals surface area contributed by atoms with Crippen molar-refractivity contribution in [2.45, 2.75) is 32.1 Å². The van der Waals surface area contributed by atoms with Gasteiger partial charge in [0.25, 0.3) is 5.91 Å². The molecule has 0 bridgehead atoms. The zero-order chi connectivity index (χ0) is 15.7. The number of H-pyrrole nitrogens is 1. The number of amides is 1. The van der Waals surface area contributed by atoms with Gasteiger partial charge in [-0.2, -0.15) is 9.40 Å². The van der Waals surface area contributed by atoms with Crippen LogP contribution in [0, 0.1) is 0 Å². The number of hydrogen-bond acceptors (Lipinski definition) is 4. The van der Waals surface area contributed by atoms with Gasteiger partial charge in [-0.3, -0.25) is 9.89 Å². The minimum absolute atomic E-state index is 0.0763. The summed E-state index contributed by atoms with van der Waals surface area (Å²) in [4.78, 5) is 14.4. The first-order chi connectivity index (χ1) is 10.5. The standard InChI is InChI=1S/C14H22N4O3S/c1-22(20,21)18-9-7-17(8-10-18)14(19)13-11-5-3-2-4-6-12(11)15-16-13/h2-10H2,1H3,(H,15,16). The number of aryl methyl sites for hydroxylation is 1. The summed E-state index contributed by atoms with van der Waals surface area (Å²) >= 11 is 0.